The summed E-state index contributed by atoms with van der Waals surface area (Å²) in [5, 5.41) is 20.6. The largest absolute Gasteiger partial charge is 0.497 e. The van der Waals surface area contributed by atoms with E-state index in [1.807, 2.05) is 59.2 Å². The number of fused-ring (bicyclic) bond motifs is 2. The zero-order chi connectivity index (χ0) is 25.9. The maximum absolute atomic E-state index is 13.5. The number of benzene rings is 3. The number of carbonyl (C=O) groups is 1. The molecule has 0 spiro atoms. The van der Waals surface area contributed by atoms with Gasteiger partial charge in [-0.05, 0) is 48.9 Å². The van der Waals surface area contributed by atoms with E-state index >= 15 is 0 Å². The number of methoxy groups -OCH3 is 1. The molecule has 0 radical (unpaired) electrons. The zero-order valence-corrected chi connectivity index (χ0v) is 22.1. The molecule has 37 heavy (non-hydrogen) atoms. The molecular weight excluding hydrogens is 532 g/mol. The number of pyridine rings is 1. The highest BCUT2D eigenvalue weighted by Crippen LogP contribution is 2.39. The van der Waals surface area contributed by atoms with E-state index in [1.165, 1.54) is 0 Å². The molecule has 0 unspecified atom stereocenters. The number of azo groups is 1. The molecule has 0 fully saturated rings. The molecule has 0 aliphatic rings. The Morgan fingerprint density at radius 1 is 1.05 bits per heavy atom. The van der Waals surface area contributed by atoms with Crippen molar-refractivity contribution >= 4 is 49.3 Å². The lowest BCUT2D eigenvalue weighted by Gasteiger charge is -2.09. The fourth-order valence-corrected chi connectivity index (χ4v) is 4.60. The van der Waals surface area contributed by atoms with Gasteiger partial charge >= 0.3 is 0 Å². The van der Waals surface area contributed by atoms with Crippen molar-refractivity contribution in [3.63, 3.8) is 0 Å². The maximum Gasteiger partial charge on any atom is 0.296 e. The van der Waals surface area contributed by atoms with Crippen molar-refractivity contribution in [2.45, 2.75) is 26.3 Å². The lowest BCUT2D eigenvalue weighted by atomic mass is 10.0. The third-order valence-electron chi connectivity index (χ3n) is 6.28. The van der Waals surface area contributed by atoms with E-state index in [0.717, 1.165) is 33.8 Å². The van der Waals surface area contributed by atoms with Crippen LogP contribution in [0.3, 0.4) is 0 Å². The number of nitrogens with zero attached hydrogens (tertiary/aromatic N) is 4. The van der Waals surface area contributed by atoms with Crippen LogP contribution in [-0.4, -0.2) is 27.7 Å². The molecule has 8 heteroatoms. The van der Waals surface area contributed by atoms with Gasteiger partial charge in [0.1, 0.15) is 5.75 Å². The zero-order valence-electron chi connectivity index (χ0n) is 20.5. The number of ether oxygens (including phenoxy) is 1. The number of aromatic nitrogens is 2. The van der Waals surface area contributed by atoms with Crippen molar-refractivity contribution in [3.05, 3.63) is 82.8 Å². The molecule has 2 aromatic heterocycles. The molecule has 0 aliphatic heterocycles. The van der Waals surface area contributed by atoms with Crippen LogP contribution in [-0.2, 0) is 6.54 Å². The Morgan fingerprint density at radius 2 is 1.84 bits per heavy atom. The maximum atomic E-state index is 13.5. The van der Waals surface area contributed by atoms with Crippen molar-refractivity contribution < 1.29 is 14.6 Å². The number of para-hydroxylation sites is 1. The van der Waals surface area contributed by atoms with Crippen LogP contribution in [0.4, 0.5) is 5.69 Å². The first-order valence-electron chi connectivity index (χ1n) is 12.0. The minimum atomic E-state index is -0.538. The molecule has 1 amide bonds. The molecule has 0 aliphatic carbocycles. The average Bonchev–Trinajstić information content (AvgIpc) is 3.20. The predicted molar refractivity (Wildman–Crippen MR) is 149 cm³/mol. The van der Waals surface area contributed by atoms with E-state index < -0.39 is 5.91 Å². The lowest BCUT2D eigenvalue weighted by Crippen LogP contribution is -1.99. The Hall–Kier alpha value is -4.04. The number of carbonyl (C=O) groups excluding carboxylic acids is 1. The smallest absolute Gasteiger partial charge is 0.296 e. The summed E-state index contributed by atoms with van der Waals surface area (Å²) in [6.45, 7) is 2.75. The molecule has 7 nitrogen and oxygen atoms in total. The number of amides is 1. The standard InChI is InChI=1S/C29H25BrN4O3/c1-3-4-15-34-26-8-6-5-7-21(26)27(29(34)36)32-33-28(35)23-17-25(18-9-11-19(30)12-10-18)31-24-14-13-20(37-2)16-22(23)24/h5-14,16-17,36H,3-4,15H2,1-2H3. The van der Waals surface area contributed by atoms with Gasteiger partial charge in [0.05, 0.1) is 29.4 Å². The Balaban J connectivity index is 1.61. The van der Waals surface area contributed by atoms with E-state index in [2.05, 4.69) is 33.1 Å². The Kier molecular flexibility index (Phi) is 7.01. The van der Waals surface area contributed by atoms with Crippen molar-refractivity contribution in [1.29, 1.82) is 0 Å². The van der Waals surface area contributed by atoms with Crippen LogP contribution in [0.5, 0.6) is 11.6 Å². The van der Waals surface area contributed by atoms with Crippen LogP contribution in [0.1, 0.15) is 30.1 Å². The lowest BCUT2D eigenvalue weighted by molar-refractivity contribution is 0.0996. The predicted octanol–water partition coefficient (Wildman–Crippen LogP) is 8.06. The van der Waals surface area contributed by atoms with Gasteiger partial charge in [-0.2, -0.15) is 0 Å². The van der Waals surface area contributed by atoms with E-state index in [1.54, 1.807) is 25.3 Å². The van der Waals surface area contributed by atoms with Gasteiger partial charge in [-0.25, -0.2) is 4.98 Å². The molecule has 3 aromatic carbocycles. The van der Waals surface area contributed by atoms with E-state index in [0.29, 0.717) is 34.5 Å². The first-order chi connectivity index (χ1) is 18.0. The number of aryl methyl sites for hydroxylation is 1. The van der Waals surface area contributed by atoms with Crippen LogP contribution in [0, 0.1) is 0 Å². The van der Waals surface area contributed by atoms with Gasteiger partial charge in [-0.1, -0.05) is 59.6 Å². The van der Waals surface area contributed by atoms with E-state index in [-0.39, 0.29) is 11.6 Å². The molecule has 2 heterocycles. The van der Waals surface area contributed by atoms with Crippen LogP contribution in [0.25, 0.3) is 33.1 Å². The van der Waals surface area contributed by atoms with Gasteiger partial charge in [0.2, 0.25) is 5.88 Å². The summed E-state index contributed by atoms with van der Waals surface area (Å²) < 4.78 is 8.14. The average molecular weight is 557 g/mol. The van der Waals surface area contributed by atoms with Crippen LogP contribution < -0.4 is 4.74 Å². The van der Waals surface area contributed by atoms with Gasteiger partial charge in [-0.15, -0.1) is 10.2 Å². The Morgan fingerprint density at radius 3 is 2.59 bits per heavy atom. The molecule has 186 valence electrons. The highest BCUT2D eigenvalue weighted by Gasteiger charge is 2.18. The van der Waals surface area contributed by atoms with Crippen molar-refractivity contribution in [2.75, 3.05) is 7.11 Å². The third kappa shape index (κ3) is 4.84. The van der Waals surface area contributed by atoms with Crippen molar-refractivity contribution in [1.82, 2.24) is 9.55 Å². The molecule has 1 N–H and O–H groups in total. The fourth-order valence-electron chi connectivity index (χ4n) is 4.34. The second-order valence-corrected chi connectivity index (χ2v) is 9.56. The molecule has 5 rings (SSSR count). The molecule has 5 aromatic rings. The summed E-state index contributed by atoms with van der Waals surface area (Å²) in [5.74, 6) is 0.0696. The second-order valence-electron chi connectivity index (χ2n) is 8.64. The highest BCUT2D eigenvalue weighted by atomic mass is 79.9. The van der Waals surface area contributed by atoms with Crippen molar-refractivity contribution in [2.24, 2.45) is 10.2 Å². The van der Waals surface area contributed by atoms with Crippen molar-refractivity contribution in [3.8, 4) is 22.9 Å². The number of unbranched alkanes of at least 4 members (excludes halogenated alkanes) is 1. The van der Waals surface area contributed by atoms with Crippen LogP contribution in [0.15, 0.2) is 87.5 Å². The minimum Gasteiger partial charge on any atom is -0.497 e. The van der Waals surface area contributed by atoms with Gasteiger partial charge in [0.25, 0.3) is 5.91 Å². The molecule has 0 atom stereocenters. The summed E-state index contributed by atoms with van der Waals surface area (Å²) in [5.41, 5.74) is 3.63. The molecule has 0 bridgehead atoms. The summed E-state index contributed by atoms with van der Waals surface area (Å²) in [6, 6.07) is 22.4. The summed E-state index contributed by atoms with van der Waals surface area (Å²) in [6.07, 6.45) is 1.89. The third-order valence-corrected chi connectivity index (χ3v) is 6.81. The van der Waals surface area contributed by atoms with Gasteiger partial charge in [0, 0.05) is 27.4 Å². The number of hydrogen-bond acceptors (Lipinski definition) is 5. The van der Waals surface area contributed by atoms with Gasteiger partial charge in [0.15, 0.2) is 5.69 Å². The van der Waals surface area contributed by atoms with E-state index in [9.17, 15) is 9.90 Å². The van der Waals surface area contributed by atoms with Gasteiger partial charge in [-0.3, -0.25) is 4.79 Å². The number of aromatic hydroxyl groups is 1. The topological polar surface area (TPSA) is 89.1 Å². The summed E-state index contributed by atoms with van der Waals surface area (Å²) in [4.78, 5) is 18.2. The van der Waals surface area contributed by atoms with Crippen LogP contribution in [0.2, 0.25) is 0 Å². The Bertz CT molecular complexity index is 1640. The molecular formula is C29H25BrN4O3. The SMILES string of the molecule is CCCCn1c(O)c(N=NC(=O)c2cc(-c3ccc(Br)cc3)nc3ccc(OC)cc23)c2ccccc21. The van der Waals surface area contributed by atoms with Crippen LogP contribution >= 0.6 is 15.9 Å². The number of rotatable bonds is 7. The highest BCUT2D eigenvalue weighted by molar-refractivity contribution is 9.10. The first-order valence-corrected chi connectivity index (χ1v) is 12.8. The van der Waals surface area contributed by atoms with E-state index in [4.69, 9.17) is 9.72 Å². The fraction of sp³-hybridized carbons (Fsp3) is 0.172. The normalized spacial score (nSPS) is 11.5. The Labute approximate surface area is 222 Å². The minimum absolute atomic E-state index is 0.00278. The first kappa shape index (κ1) is 24.6. The monoisotopic (exact) mass is 556 g/mol. The number of hydrogen-bond donors (Lipinski definition) is 1. The summed E-state index contributed by atoms with van der Waals surface area (Å²) in [7, 11) is 1.57. The number of halogens is 1. The van der Waals surface area contributed by atoms with Gasteiger partial charge < -0.3 is 14.4 Å². The quantitative estimate of drug-likeness (QED) is 0.205. The summed E-state index contributed by atoms with van der Waals surface area (Å²) >= 11 is 3.45. The molecule has 0 saturated carbocycles. The molecule has 0 saturated heterocycles. The second kappa shape index (κ2) is 10.5.